The van der Waals surface area contributed by atoms with Gasteiger partial charge in [-0.2, -0.15) is 0 Å². The largest absolute Gasteiger partial charge is 0.497 e. The number of ether oxygens (including phenoxy) is 2. The van der Waals surface area contributed by atoms with Gasteiger partial charge in [0.25, 0.3) is 5.91 Å². The number of amides is 1. The summed E-state index contributed by atoms with van der Waals surface area (Å²) in [5, 5.41) is 0. The van der Waals surface area contributed by atoms with Gasteiger partial charge in [0.15, 0.2) is 6.61 Å². The van der Waals surface area contributed by atoms with Crippen molar-refractivity contribution in [1.29, 1.82) is 0 Å². The molecule has 2 heterocycles. The molecule has 1 aliphatic heterocycles. The van der Waals surface area contributed by atoms with E-state index in [9.17, 15) is 4.79 Å². The van der Waals surface area contributed by atoms with Crippen LogP contribution in [0, 0.1) is 0 Å². The summed E-state index contributed by atoms with van der Waals surface area (Å²) in [6, 6.07) is 7.16. The number of nitrogens with two attached hydrogens (primary N) is 1. The summed E-state index contributed by atoms with van der Waals surface area (Å²) < 4.78 is 10.7. The van der Waals surface area contributed by atoms with Gasteiger partial charge in [0.1, 0.15) is 11.5 Å². The summed E-state index contributed by atoms with van der Waals surface area (Å²) in [5.74, 6) is 1.43. The number of methoxy groups -OCH3 is 1. The first-order valence-corrected chi connectivity index (χ1v) is 7.30. The van der Waals surface area contributed by atoms with Gasteiger partial charge in [-0.25, -0.2) is 9.97 Å². The second-order valence-electron chi connectivity index (χ2n) is 5.23. The third-order valence-corrected chi connectivity index (χ3v) is 3.72. The predicted octanol–water partition coefficient (Wildman–Crippen LogP) is 1.03. The van der Waals surface area contributed by atoms with Crippen molar-refractivity contribution < 1.29 is 14.3 Å². The number of hydrogen-bond donors (Lipinski definition) is 1. The quantitative estimate of drug-likeness (QED) is 0.906. The summed E-state index contributed by atoms with van der Waals surface area (Å²) in [6.45, 7) is 1.03. The van der Waals surface area contributed by atoms with E-state index < -0.39 is 0 Å². The maximum atomic E-state index is 12.3. The maximum absolute atomic E-state index is 12.3. The van der Waals surface area contributed by atoms with E-state index in [0.717, 1.165) is 17.7 Å². The third kappa shape index (κ3) is 3.50. The first-order chi connectivity index (χ1) is 11.2. The molecule has 2 aromatic rings. The predicted molar refractivity (Wildman–Crippen MR) is 84.1 cm³/mol. The van der Waals surface area contributed by atoms with E-state index >= 15 is 0 Å². The molecular formula is C16H18N4O3. The fraction of sp³-hybridized carbons (Fsp3) is 0.312. The number of nitrogens with zero attached hydrogens (tertiary/aromatic N) is 3. The molecule has 23 heavy (non-hydrogen) atoms. The van der Waals surface area contributed by atoms with Crippen LogP contribution >= 0.6 is 0 Å². The molecule has 7 nitrogen and oxygen atoms in total. The fourth-order valence-corrected chi connectivity index (χ4v) is 2.46. The lowest BCUT2D eigenvalue weighted by Crippen LogP contribution is -2.39. The Morgan fingerprint density at radius 1 is 1.39 bits per heavy atom. The molecular weight excluding hydrogens is 296 g/mol. The number of carbonyl (C=O) groups excluding carboxylic acids is 1. The Balaban J connectivity index is 1.61. The molecule has 0 atom stereocenters. The van der Waals surface area contributed by atoms with Crippen LogP contribution in [0.1, 0.15) is 11.3 Å². The molecule has 0 radical (unpaired) electrons. The van der Waals surface area contributed by atoms with Crippen LogP contribution < -0.4 is 15.2 Å². The number of carbonyl (C=O) groups is 1. The Morgan fingerprint density at radius 2 is 2.22 bits per heavy atom. The van der Waals surface area contributed by atoms with Crippen LogP contribution in [0.2, 0.25) is 0 Å². The Labute approximate surface area is 134 Å². The highest BCUT2D eigenvalue weighted by Gasteiger charge is 2.22. The number of benzene rings is 1. The van der Waals surface area contributed by atoms with Crippen molar-refractivity contribution in [1.82, 2.24) is 14.9 Å². The zero-order valence-electron chi connectivity index (χ0n) is 12.9. The Bertz CT molecular complexity index is 720. The lowest BCUT2D eigenvalue weighted by molar-refractivity contribution is -0.134. The SMILES string of the molecule is COc1cccc(OCC(=O)N2CCc3cnc(N)nc3C2)c1. The third-order valence-electron chi connectivity index (χ3n) is 3.72. The van der Waals surface area contributed by atoms with Crippen molar-refractivity contribution in [2.45, 2.75) is 13.0 Å². The minimum Gasteiger partial charge on any atom is -0.497 e. The van der Waals surface area contributed by atoms with Crippen molar-refractivity contribution in [2.24, 2.45) is 0 Å². The molecule has 0 spiro atoms. The number of anilines is 1. The van der Waals surface area contributed by atoms with E-state index in [2.05, 4.69) is 9.97 Å². The van der Waals surface area contributed by atoms with Gasteiger partial charge in [-0.3, -0.25) is 4.79 Å². The van der Waals surface area contributed by atoms with E-state index in [4.69, 9.17) is 15.2 Å². The topological polar surface area (TPSA) is 90.6 Å². The van der Waals surface area contributed by atoms with E-state index in [1.54, 1.807) is 30.3 Å². The van der Waals surface area contributed by atoms with Crippen molar-refractivity contribution in [3.63, 3.8) is 0 Å². The van der Waals surface area contributed by atoms with Gasteiger partial charge in [0, 0.05) is 18.8 Å². The van der Waals surface area contributed by atoms with E-state index in [1.807, 2.05) is 12.1 Å². The van der Waals surface area contributed by atoms with E-state index in [-0.39, 0.29) is 18.5 Å². The summed E-state index contributed by atoms with van der Waals surface area (Å²) >= 11 is 0. The summed E-state index contributed by atoms with van der Waals surface area (Å²) in [6.07, 6.45) is 2.45. The zero-order chi connectivity index (χ0) is 16.2. The van der Waals surface area contributed by atoms with Crippen LogP contribution in [0.5, 0.6) is 11.5 Å². The van der Waals surface area contributed by atoms with E-state index in [0.29, 0.717) is 24.6 Å². The van der Waals surface area contributed by atoms with Crippen LogP contribution in [0.15, 0.2) is 30.5 Å². The number of rotatable bonds is 4. The summed E-state index contributed by atoms with van der Waals surface area (Å²) in [7, 11) is 1.59. The normalized spacial score (nSPS) is 13.3. The standard InChI is InChI=1S/C16H18N4O3/c1-22-12-3-2-4-13(7-12)23-10-15(21)20-6-5-11-8-18-16(17)19-14(11)9-20/h2-4,7-8H,5-6,9-10H2,1H3,(H2,17,18,19). The van der Waals surface area contributed by atoms with Gasteiger partial charge in [0.2, 0.25) is 5.95 Å². The highest BCUT2D eigenvalue weighted by molar-refractivity contribution is 5.78. The lowest BCUT2D eigenvalue weighted by atomic mass is 10.1. The molecule has 1 aliphatic rings. The molecule has 1 amide bonds. The molecule has 1 aromatic carbocycles. The van der Waals surface area contributed by atoms with Crippen molar-refractivity contribution in [3.05, 3.63) is 41.7 Å². The lowest BCUT2D eigenvalue weighted by Gasteiger charge is -2.27. The highest BCUT2D eigenvalue weighted by atomic mass is 16.5. The molecule has 3 rings (SSSR count). The van der Waals surface area contributed by atoms with Gasteiger partial charge in [-0.15, -0.1) is 0 Å². The van der Waals surface area contributed by atoms with Gasteiger partial charge >= 0.3 is 0 Å². The number of fused-ring (bicyclic) bond motifs is 1. The number of hydrogen-bond acceptors (Lipinski definition) is 6. The second-order valence-corrected chi connectivity index (χ2v) is 5.23. The van der Waals surface area contributed by atoms with Gasteiger partial charge in [-0.1, -0.05) is 6.07 Å². The van der Waals surface area contributed by atoms with Gasteiger partial charge < -0.3 is 20.1 Å². The molecule has 0 fully saturated rings. The maximum Gasteiger partial charge on any atom is 0.260 e. The molecule has 0 bridgehead atoms. The zero-order valence-corrected chi connectivity index (χ0v) is 12.9. The molecule has 1 aromatic heterocycles. The molecule has 0 saturated carbocycles. The van der Waals surface area contributed by atoms with Crippen molar-refractivity contribution in [3.8, 4) is 11.5 Å². The van der Waals surface area contributed by atoms with Crippen LogP contribution in [0.3, 0.4) is 0 Å². The molecule has 0 unspecified atom stereocenters. The average Bonchev–Trinajstić information content (AvgIpc) is 2.59. The monoisotopic (exact) mass is 314 g/mol. The number of aromatic nitrogens is 2. The molecule has 0 aliphatic carbocycles. The Kier molecular flexibility index (Phi) is 4.27. The molecule has 0 saturated heterocycles. The summed E-state index contributed by atoms with van der Waals surface area (Å²) in [4.78, 5) is 22.2. The number of nitrogen functional groups attached to an aromatic ring is 1. The Hall–Kier alpha value is -2.83. The summed E-state index contributed by atoms with van der Waals surface area (Å²) in [5.41, 5.74) is 7.45. The van der Waals surface area contributed by atoms with Crippen LogP contribution in [-0.2, 0) is 17.8 Å². The first kappa shape index (κ1) is 15.1. The van der Waals surface area contributed by atoms with Crippen LogP contribution in [-0.4, -0.2) is 41.0 Å². The second kappa shape index (κ2) is 6.51. The minimum atomic E-state index is -0.0874. The first-order valence-electron chi connectivity index (χ1n) is 7.30. The smallest absolute Gasteiger partial charge is 0.260 e. The van der Waals surface area contributed by atoms with E-state index in [1.165, 1.54) is 0 Å². The highest BCUT2D eigenvalue weighted by Crippen LogP contribution is 2.20. The van der Waals surface area contributed by atoms with Gasteiger partial charge in [-0.05, 0) is 24.1 Å². The molecule has 120 valence electrons. The molecule has 7 heteroatoms. The van der Waals surface area contributed by atoms with Crippen LogP contribution in [0.25, 0.3) is 0 Å². The average molecular weight is 314 g/mol. The van der Waals surface area contributed by atoms with Gasteiger partial charge in [0.05, 0.1) is 19.3 Å². The van der Waals surface area contributed by atoms with Crippen molar-refractivity contribution >= 4 is 11.9 Å². The Morgan fingerprint density at radius 3 is 3.04 bits per heavy atom. The molecule has 2 N–H and O–H groups in total. The minimum absolute atomic E-state index is 0.0247. The van der Waals surface area contributed by atoms with Crippen molar-refractivity contribution in [2.75, 3.05) is 26.0 Å². The fourth-order valence-electron chi connectivity index (χ4n) is 2.46. The van der Waals surface area contributed by atoms with Crippen LogP contribution in [0.4, 0.5) is 5.95 Å².